The molecule has 0 saturated carbocycles. The zero-order valence-corrected chi connectivity index (χ0v) is 29.0. The molecule has 0 spiro atoms. The lowest BCUT2D eigenvalue weighted by atomic mass is 9.81. The molecule has 9 nitrogen and oxygen atoms in total. The first-order valence-corrected chi connectivity index (χ1v) is 17.4. The summed E-state index contributed by atoms with van der Waals surface area (Å²) in [7, 11) is 0. The van der Waals surface area contributed by atoms with Crippen LogP contribution in [0.1, 0.15) is 65.5 Å². The summed E-state index contributed by atoms with van der Waals surface area (Å²) in [6.07, 6.45) is -4.61. The van der Waals surface area contributed by atoms with E-state index >= 15 is 0 Å². The van der Waals surface area contributed by atoms with E-state index in [9.17, 15) is 37.1 Å². The zero-order chi connectivity index (χ0) is 36.1. The lowest BCUT2D eigenvalue weighted by molar-refractivity contribution is -0.137. The fourth-order valence-corrected chi connectivity index (χ4v) is 8.91. The number of carbonyl (C=O) groups is 4. The number of thioether (sulfide) groups is 1. The quantitative estimate of drug-likeness (QED) is 0.164. The second-order valence-electron chi connectivity index (χ2n) is 12.9. The molecule has 0 aliphatic carbocycles. The molecule has 3 atom stereocenters. The van der Waals surface area contributed by atoms with Gasteiger partial charge in [0.05, 0.1) is 34.4 Å². The van der Waals surface area contributed by atoms with Crippen LogP contribution in [0.4, 0.5) is 24.5 Å². The highest BCUT2D eigenvalue weighted by atomic mass is 32.2. The molecule has 14 heteroatoms. The number of nitrogens with zero attached hydrogens (tertiary/aromatic N) is 2. The molecule has 3 aromatic carbocycles. The molecule has 1 saturated heterocycles. The largest absolute Gasteiger partial charge is 0.462 e. The van der Waals surface area contributed by atoms with E-state index in [1.165, 1.54) is 41.0 Å². The molecule has 1 aromatic heterocycles. The number of hydrogen-bond donors (Lipinski definition) is 1. The highest BCUT2D eigenvalue weighted by Crippen LogP contribution is 2.54. The van der Waals surface area contributed by atoms with E-state index in [1.807, 2.05) is 24.3 Å². The van der Waals surface area contributed by atoms with Gasteiger partial charge < -0.3 is 10.1 Å². The van der Waals surface area contributed by atoms with Gasteiger partial charge in [-0.05, 0) is 65.9 Å². The minimum atomic E-state index is -4.61. The second kappa shape index (κ2) is 13.2. The molecule has 0 bridgehead atoms. The Labute approximate surface area is 293 Å². The van der Waals surface area contributed by atoms with Crippen molar-refractivity contribution >= 4 is 58.2 Å². The third-order valence-corrected chi connectivity index (χ3v) is 11.2. The number of thiazole rings is 1. The van der Waals surface area contributed by atoms with Gasteiger partial charge in [-0.3, -0.25) is 23.7 Å². The summed E-state index contributed by atoms with van der Waals surface area (Å²) in [5.41, 5.74) is 1.08. The van der Waals surface area contributed by atoms with Gasteiger partial charge in [0.15, 0.2) is 0 Å². The number of benzene rings is 3. The minimum absolute atomic E-state index is 0.0901. The van der Waals surface area contributed by atoms with Gasteiger partial charge in [0.1, 0.15) is 11.8 Å². The molecule has 1 fully saturated rings. The number of nitrogens with one attached hydrogen (secondary N) is 1. The van der Waals surface area contributed by atoms with Crippen molar-refractivity contribution in [1.29, 1.82) is 0 Å². The topological polar surface area (TPSA) is 115 Å². The number of alkyl halides is 3. The van der Waals surface area contributed by atoms with Crippen molar-refractivity contribution in [2.75, 3.05) is 16.8 Å². The second-order valence-corrected chi connectivity index (χ2v) is 15.1. The number of anilines is 2. The van der Waals surface area contributed by atoms with E-state index in [0.717, 1.165) is 45.7 Å². The van der Waals surface area contributed by atoms with Crippen LogP contribution in [-0.2, 0) is 37.3 Å². The first-order valence-electron chi connectivity index (χ1n) is 15.7. The van der Waals surface area contributed by atoms with Crippen molar-refractivity contribution in [1.82, 2.24) is 4.57 Å². The Hall–Kier alpha value is -4.69. The fourth-order valence-electron chi connectivity index (χ4n) is 6.14. The molecule has 1 N–H and O–H groups in total. The average molecular weight is 724 g/mol. The van der Waals surface area contributed by atoms with Crippen molar-refractivity contribution in [3.8, 4) is 0 Å². The number of aromatic nitrogens is 1. The lowest BCUT2D eigenvalue weighted by Gasteiger charge is -2.31. The molecule has 0 radical (unpaired) electrons. The van der Waals surface area contributed by atoms with E-state index < -0.39 is 63.9 Å². The molecule has 2 aliphatic heterocycles. The van der Waals surface area contributed by atoms with E-state index in [2.05, 4.69) is 26.1 Å². The number of fused-ring (bicyclic) bond motifs is 2. The number of ether oxygens (including phenoxy) is 1. The van der Waals surface area contributed by atoms with Crippen LogP contribution in [-0.4, -0.2) is 40.1 Å². The number of hydrogen-bond acceptors (Lipinski definition) is 8. The Balaban J connectivity index is 1.37. The van der Waals surface area contributed by atoms with Crippen LogP contribution in [0.5, 0.6) is 0 Å². The van der Waals surface area contributed by atoms with Gasteiger partial charge in [-0.25, -0.2) is 9.69 Å². The smallest absolute Gasteiger partial charge is 0.416 e. The predicted octanol–water partition coefficient (Wildman–Crippen LogP) is 6.84. The van der Waals surface area contributed by atoms with Gasteiger partial charge in [0, 0.05) is 16.5 Å². The standard InChI is InChI=1S/C36H32F3N3O6S2/c1-5-48-33(46)20-11-15-24(16-12-20)42-30(44)27-26(19-9-13-21(14-10-19)35(2,3)4)29-32(49-28(27)31(42)45)41(34(47)50-29)18-25(43)40-23-8-6-7-22(17-23)36(37,38)39/h6-17,26-28H,5,18H2,1-4H3,(H,40,43)/t26-,27?,28?/m1/s1. The van der Waals surface area contributed by atoms with Gasteiger partial charge in [0.2, 0.25) is 17.7 Å². The normalized spacial score (nSPS) is 18.9. The maximum atomic E-state index is 14.2. The summed E-state index contributed by atoms with van der Waals surface area (Å²) >= 11 is 1.89. The Kier molecular flexibility index (Phi) is 9.29. The molecule has 3 heterocycles. The van der Waals surface area contributed by atoms with Gasteiger partial charge in [-0.1, -0.05) is 74.2 Å². The molecule has 2 aliphatic rings. The molecule has 4 aromatic rings. The summed E-state index contributed by atoms with van der Waals surface area (Å²) in [4.78, 5) is 68.2. The van der Waals surface area contributed by atoms with Crippen LogP contribution < -0.4 is 15.1 Å². The Morgan fingerprint density at radius 1 is 0.900 bits per heavy atom. The van der Waals surface area contributed by atoms with Crippen LogP contribution in [0.15, 0.2) is 82.6 Å². The number of imide groups is 1. The fraction of sp³-hybridized carbons (Fsp3) is 0.306. The number of carbonyl (C=O) groups excluding carboxylic acids is 4. The third kappa shape index (κ3) is 6.61. The summed E-state index contributed by atoms with van der Waals surface area (Å²) < 4.78 is 46.0. The Bertz CT molecular complexity index is 2050. The molecular formula is C36H32F3N3O6S2. The SMILES string of the molecule is CCOC(=O)c1ccc(N2C(=O)C3Sc4c(sc(=O)n4CC(=O)Nc4cccc(C(F)(F)F)c4)[C@H](c4ccc(C(C)(C)C)cc4)C3C2=O)cc1. The third-order valence-electron chi connectivity index (χ3n) is 8.60. The highest BCUT2D eigenvalue weighted by molar-refractivity contribution is 8.00. The molecule has 260 valence electrons. The van der Waals surface area contributed by atoms with Crippen molar-refractivity contribution in [2.45, 2.75) is 62.0 Å². The van der Waals surface area contributed by atoms with Gasteiger partial charge in [0.25, 0.3) is 0 Å². The summed E-state index contributed by atoms with van der Waals surface area (Å²) in [6, 6.07) is 17.8. The summed E-state index contributed by atoms with van der Waals surface area (Å²) in [5, 5.41) is 1.81. The minimum Gasteiger partial charge on any atom is -0.462 e. The Morgan fingerprint density at radius 2 is 1.58 bits per heavy atom. The van der Waals surface area contributed by atoms with Crippen molar-refractivity contribution < 1.29 is 37.1 Å². The molecule has 3 amide bonds. The van der Waals surface area contributed by atoms with Crippen LogP contribution in [0.3, 0.4) is 0 Å². The molecule has 50 heavy (non-hydrogen) atoms. The van der Waals surface area contributed by atoms with Crippen LogP contribution in [0.25, 0.3) is 0 Å². The number of rotatable bonds is 7. The van der Waals surface area contributed by atoms with E-state index in [-0.39, 0.29) is 29.0 Å². The van der Waals surface area contributed by atoms with Crippen LogP contribution in [0, 0.1) is 5.92 Å². The molecule has 6 rings (SSSR count). The first kappa shape index (κ1) is 35.1. The highest BCUT2D eigenvalue weighted by Gasteiger charge is 2.57. The number of esters is 1. The first-order chi connectivity index (χ1) is 23.6. The summed E-state index contributed by atoms with van der Waals surface area (Å²) in [5.74, 6) is -3.87. The van der Waals surface area contributed by atoms with Crippen LogP contribution >= 0.6 is 23.1 Å². The van der Waals surface area contributed by atoms with Gasteiger partial charge in [-0.15, -0.1) is 0 Å². The summed E-state index contributed by atoms with van der Waals surface area (Å²) in [6.45, 7) is 7.53. The van der Waals surface area contributed by atoms with Crippen molar-refractivity contribution in [3.05, 3.63) is 110 Å². The van der Waals surface area contributed by atoms with E-state index in [4.69, 9.17) is 4.74 Å². The number of amides is 3. The Morgan fingerprint density at radius 3 is 2.20 bits per heavy atom. The van der Waals surface area contributed by atoms with E-state index in [1.54, 1.807) is 6.92 Å². The number of halogens is 3. The van der Waals surface area contributed by atoms with Crippen molar-refractivity contribution in [3.63, 3.8) is 0 Å². The van der Waals surface area contributed by atoms with Gasteiger partial charge >= 0.3 is 17.0 Å². The van der Waals surface area contributed by atoms with Crippen molar-refractivity contribution in [2.24, 2.45) is 5.92 Å². The monoisotopic (exact) mass is 723 g/mol. The molecular weight excluding hydrogens is 692 g/mol. The van der Waals surface area contributed by atoms with Crippen LogP contribution in [0.2, 0.25) is 0 Å². The maximum Gasteiger partial charge on any atom is 0.416 e. The lowest BCUT2D eigenvalue weighted by Crippen LogP contribution is -2.33. The van der Waals surface area contributed by atoms with E-state index in [0.29, 0.717) is 15.5 Å². The average Bonchev–Trinajstić information content (AvgIpc) is 3.50. The molecule has 2 unspecified atom stereocenters. The predicted molar refractivity (Wildman–Crippen MR) is 184 cm³/mol. The van der Waals surface area contributed by atoms with Gasteiger partial charge in [-0.2, -0.15) is 13.2 Å². The maximum absolute atomic E-state index is 14.2. The zero-order valence-electron chi connectivity index (χ0n) is 27.4.